The summed E-state index contributed by atoms with van der Waals surface area (Å²) in [5, 5.41) is 2.41. The average Bonchev–Trinajstić information content (AvgIpc) is 3.32. The minimum absolute atomic E-state index is 0.0228. The van der Waals surface area contributed by atoms with Crippen LogP contribution in [0.4, 0.5) is 0 Å². The first-order valence-electron chi connectivity index (χ1n) is 22.4. The fraction of sp³-hybridized carbons (Fsp3) is 0.186. The third kappa shape index (κ3) is 5.09. The number of para-hydroxylation sites is 2. The topological polar surface area (TPSA) is 25.8 Å². The van der Waals surface area contributed by atoms with Crippen LogP contribution in [-0.2, 0) is 10.8 Å². The van der Waals surface area contributed by atoms with Gasteiger partial charge in [-0.15, -0.1) is 0 Å². The molecule has 0 radical (unpaired) electrons. The van der Waals surface area contributed by atoms with Gasteiger partial charge in [0.05, 0.1) is 27.8 Å². The van der Waals surface area contributed by atoms with Crippen molar-refractivity contribution in [3.05, 3.63) is 228 Å². The van der Waals surface area contributed by atoms with Gasteiger partial charge in [0.25, 0.3) is 0 Å². The molecule has 5 aliphatic rings. The summed E-state index contributed by atoms with van der Waals surface area (Å²) in [6.07, 6.45) is 6.88. The monoisotopic (exact) mass is 782 g/mol. The zero-order chi connectivity index (χ0) is 40.1. The SMILES string of the molecule is c1ccc(-c2nc3ccccc3nc2-c2ccc3cc(-c4ccc5c(c4)C(c4ccccc4)(c4ccccc4)c4ccccc4C54C5CC6CC(C5)CC4C6)ccc3c2)cc1. The zero-order valence-electron chi connectivity index (χ0n) is 34.2. The number of nitrogens with zero attached hydrogens (tertiary/aromatic N) is 2. The number of hydrogen-bond donors (Lipinski definition) is 0. The highest BCUT2D eigenvalue weighted by atomic mass is 14.8. The Morgan fingerprint density at radius 2 is 0.803 bits per heavy atom. The quantitative estimate of drug-likeness (QED) is 0.174. The molecule has 5 aliphatic carbocycles. The summed E-state index contributed by atoms with van der Waals surface area (Å²) in [6, 6.07) is 72.6. The minimum atomic E-state index is -0.465. The maximum absolute atomic E-state index is 5.22. The lowest BCUT2D eigenvalue weighted by atomic mass is 9.38. The van der Waals surface area contributed by atoms with E-state index >= 15 is 0 Å². The Balaban J connectivity index is 1.01. The summed E-state index contributed by atoms with van der Waals surface area (Å²) >= 11 is 0. The Labute approximate surface area is 358 Å². The summed E-state index contributed by atoms with van der Waals surface area (Å²) in [7, 11) is 0. The Hall–Kier alpha value is -6.64. The third-order valence-electron chi connectivity index (χ3n) is 15.6. The standard InChI is InChI=1S/C59H46N2/c1-4-14-40(15-5-1)56-57(61-55-23-13-12-22-54(55)60-56)45-27-26-41-35-42(24-25-43(41)36-45)44-28-29-52-53(37-44)58(46-16-6-2-7-17-46,47-18-8-3-9-19-47)50-20-10-11-21-51(50)59(52)48-31-38-30-39(33-48)34-49(59)32-38/h1-29,35-39,48-49H,30-34H2. The van der Waals surface area contributed by atoms with E-state index in [9.17, 15) is 0 Å². The van der Waals surface area contributed by atoms with Crippen LogP contribution < -0.4 is 0 Å². The van der Waals surface area contributed by atoms with Gasteiger partial charge in [-0.1, -0.05) is 164 Å². The zero-order valence-corrected chi connectivity index (χ0v) is 34.2. The average molecular weight is 783 g/mol. The molecule has 0 saturated heterocycles. The molecular formula is C59H46N2. The van der Waals surface area contributed by atoms with Crippen LogP contribution in [0.25, 0.3) is 55.4 Å². The highest BCUT2D eigenvalue weighted by Crippen LogP contribution is 2.70. The van der Waals surface area contributed by atoms with Crippen molar-refractivity contribution in [2.45, 2.75) is 42.9 Å². The van der Waals surface area contributed by atoms with Gasteiger partial charge in [-0.25, -0.2) is 9.97 Å². The Bertz CT molecular complexity index is 3080. The first-order chi connectivity index (χ1) is 30.2. The molecule has 9 aromatic rings. The molecule has 1 aromatic heterocycles. The molecule has 4 bridgehead atoms. The molecule has 14 rings (SSSR count). The summed E-state index contributed by atoms with van der Waals surface area (Å²) in [5.74, 6) is 3.11. The molecule has 292 valence electrons. The van der Waals surface area contributed by atoms with E-state index in [4.69, 9.17) is 9.97 Å². The van der Waals surface area contributed by atoms with Crippen LogP contribution in [0.3, 0.4) is 0 Å². The van der Waals surface area contributed by atoms with E-state index in [-0.39, 0.29) is 5.41 Å². The second-order valence-corrected chi connectivity index (χ2v) is 18.5. The highest BCUT2D eigenvalue weighted by Gasteiger charge is 2.63. The third-order valence-corrected chi connectivity index (χ3v) is 15.6. The fourth-order valence-corrected chi connectivity index (χ4v) is 13.4. The molecule has 0 atom stereocenters. The predicted octanol–water partition coefficient (Wildman–Crippen LogP) is 14.2. The molecule has 2 nitrogen and oxygen atoms in total. The van der Waals surface area contributed by atoms with Crippen molar-refractivity contribution < 1.29 is 0 Å². The van der Waals surface area contributed by atoms with Crippen LogP contribution >= 0.6 is 0 Å². The summed E-state index contributed by atoms with van der Waals surface area (Å²) in [5.41, 5.74) is 16.6. The van der Waals surface area contributed by atoms with Gasteiger partial charge < -0.3 is 0 Å². The van der Waals surface area contributed by atoms with Gasteiger partial charge in [-0.3, -0.25) is 0 Å². The smallest absolute Gasteiger partial charge is 0.0973 e. The Morgan fingerprint density at radius 1 is 0.344 bits per heavy atom. The maximum Gasteiger partial charge on any atom is 0.0973 e. The fourth-order valence-electron chi connectivity index (χ4n) is 13.4. The number of benzene rings is 8. The second-order valence-electron chi connectivity index (χ2n) is 18.5. The van der Waals surface area contributed by atoms with Gasteiger partial charge in [0.2, 0.25) is 0 Å². The second kappa shape index (κ2) is 13.4. The molecule has 61 heavy (non-hydrogen) atoms. The summed E-state index contributed by atoms with van der Waals surface area (Å²) in [6.45, 7) is 0. The summed E-state index contributed by atoms with van der Waals surface area (Å²) in [4.78, 5) is 10.4. The first-order valence-corrected chi connectivity index (χ1v) is 22.4. The van der Waals surface area contributed by atoms with Crippen LogP contribution in [0, 0.1) is 23.7 Å². The van der Waals surface area contributed by atoms with Crippen molar-refractivity contribution in [3.63, 3.8) is 0 Å². The lowest BCUT2D eigenvalue weighted by Crippen LogP contribution is -2.59. The molecule has 0 amide bonds. The molecule has 2 heteroatoms. The molecular weight excluding hydrogens is 737 g/mol. The van der Waals surface area contributed by atoms with E-state index in [0.29, 0.717) is 11.8 Å². The molecule has 8 aromatic carbocycles. The number of rotatable bonds is 5. The normalized spacial score (nSPS) is 23.0. The van der Waals surface area contributed by atoms with E-state index in [1.165, 1.54) is 76.3 Å². The lowest BCUT2D eigenvalue weighted by molar-refractivity contribution is -0.0440. The van der Waals surface area contributed by atoms with Gasteiger partial charge in [0, 0.05) is 16.5 Å². The van der Waals surface area contributed by atoms with E-state index < -0.39 is 5.41 Å². The van der Waals surface area contributed by atoms with Crippen molar-refractivity contribution in [2.24, 2.45) is 23.7 Å². The molecule has 1 heterocycles. The molecule has 1 spiro atoms. The van der Waals surface area contributed by atoms with Crippen molar-refractivity contribution >= 4 is 21.8 Å². The van der Waals surface area contributed by atoms with Gasteiger partial charge >= 0.3 is 0 Å². The molecule has 0 unspecified atom stereocenters. The number of aromatic nitrogens is 2. The molecule has 4 fully saturated rings. The lowest BCUT2D eigenvalue weighted by Gasteiger charge is -2.65. The largest absolute Gasteiger partial charge is 0.244 e. The van der Waals surface area contributed by atoms with Gasteiger partial charge in [-0.05, 0) is 141 Å². The number of fused-ring (bicyclic) bond motifs is 4. The van der Waals surface area contributed by atoms with E-state index in [1.807, 2.05) is 18.2 Å². The van der Waals surface area contributed by atoms with E-state index in [2.05, 4.69) is 176 Å². The first kappa shape index (κ1) is 35.1. The van der Waals surface area contributed by atoms with Crippen molar-refractivity contribution in [2.75, 3.05) is 0 Å². The van der Waals surface area contributed by atoms with Crippen LogP contribution in [-0.4, -0.2) is 9.97 Å². The highest BCUT2D eigenvalue weighted by molar-refractivity contribution is 5.94. The molecule has 0 aliphatic heterocycles. The molecule has 4 saturated carbocycles. The predicted molar refractivity (Wildman–Crippen MR) is 249 cm³/mol. The van der Waals surface area contributed by atoms with E-state index in [0.717, 1.165) is 45.4 Å². The Kier molecular flexibility index (Phi) is 7.74. The van der Waals surface area contributed by atoms with Crippen LogP contribution in [0.5, 0.6) is 0 Å². The summed E-state index contributed by atoms with van der Waals surface area (Å²) < 4.78 is 0. The van der Waals surface area contributed by atoms with Crippen LogP contribution in [0.1, 0.15) is 65.5 Å². The Morgan fingerprint density at radius 3 is 1.43 bits per heavy atom. The van der Waals surface area contributed by atoms with E-state index in [1.54, 1.807) is 11.1 Å². The van der Waals surface area contributed by atoms with Crippen molar-refractivity contribution in [1.82, 2.24) is 9.97 Å². The van der Waals surface area contributed by atoms with Crippen molar-refractivity contribution in [1.29, 1.82) is 0 Å². The number of hydrogen-bond acceptors (Lipinski definition) is 2. The maximum atomic E-state index is 5.22. The van der Waals surface area contributed by atoms with Gasteiger partial charge in [0.15, 0.2) is 0 Å². The van der Waals surface area contributed by atoms with Gasteiger partial charge in [-0.2, -0.15) is 0 Å². The van der Waals surface area contributed by atoms with Crippen LogP contribution in [0.2, 0.25) is 0 Å². The van der Waals surface area contributed by atoms with Crippen molar-refractivity contribution in [3.8, 4) is 33.6 Å². The van der Waals surface area contributed by atoms with Crippen LogP contribution in [0.15, 0.2) is 194 Å². The van der Waals surface area contributed by atoms with Gasteiger partial charge in [0.1, 0.15) is 0 Å². The molecule has 0 N–H and O–H groups in total. The minimum Gasteiger partial charge on any atom is -0.244 e.